The number of carbonyl (C=O) groups is 1. The lowest BCUT2D eigenvalue weighted by molar-refractivity contribution is -0.134. The Bertz CT molecular complexity index is 444. The van der Waals surface area contributed by atoms with Crippen LogP contribution in [0, 0.1) is 0 Å². The largest absolute Gasteiger partial charge is 0.484 e. The van der Waals surface area contributed by atoms with Crippen LogP contribution in [-0.2, 0) is 9.53 Å². The molecule has 0 bridgehead atoms. The predicted octanol–water partition coefficient (Wildman–Crippen LogP) is 1.68. The molecule has 1 aliphatic heterocycles. The highest BCUT2D eigenvalue weighted by atomic mass is 16.5. The first kappa shape index (κ1) is 14.7. The van der Waals surface area contributed by atoms with Gasteiger partial charge in [-0.05, 0) is 31.4 Å². The van der Waals surface area contributed by atoms with Crippen molar-refractivity contribution in [2.75, 3.05) is 32.5 Å². The van der Waals surface area contributed by atoms with Crippen LogP contribution < -0.4 is 10.5 Å². The van der Waals surface area contributed by atoms with Crippen LogP contribution in [0.1, 0.15) is 19.3 Å². The number of hydrogen-bond acceptors (Lipinski definition) is 4. The predicted molar refractivity (Wildman–Crippen MR) is 77.6 cm³/mol. The van der Waals surface area contributed by atoms with Gasteiger partial charge in [0.05, 0.1) is 6.10 Å². The number of likely N-dealkylation sites (N-methyl/N-ethyl adjacent to an activating group) is 1. The molecule has 1 heterocycles. The molecule has 0 radical (unpaired) electrons. The highest BCUT2D eigenvalue weighted by Crippen LogP contribution is 2.15. The van der Waals surface area contributed by atoms with Gasteiger partial charge < -0.3 is 20.1 Å². The minimum Gasteiger partial charge on any atom is -0.484 e. The monoisotopic (exact) mass is 278 g/mol. The van der Waals surface area contributed by atoms with Crippen LogP contribution in [0.25, 0.3) is 0 Å². The molecule has 5 heteroatoms. The maximum Gasteiger partial charge on any atom is 0.260 e. The summed E-state index contributed by atoms with van der Waals surface area (Å²) in [5.74, 6) is 0.558. The number of carbonyl (C=O) groups excluding carboxylic acids is 1. The van der Waals surface area contributed by atoms with E-state index in [1.165, 1.54) is 6.42 Å². The van der Waals surface area contributed by atoms with Crippen LogP contribution in [0.3, 0.4) is 0 Å². The maximum absolute atomic E-state index is 12.0. The number of benzene rings is 1. The highest BCUT2D eigenvalue weighted by Gasteiger charge is 2.19. The van der Waals surface area contributed by atoms with E-state index in [-0.39, 0.29) is 18.6 Å². The van der Waals surface area contributed by atoms with Crippen molar-refractivity contribution in [3.8, 4) is 5.75 Å². The Hall–Kier alpha value is -1.75. The average Bonchev–Trinajstić information content (AvgIpc) is 2.46. The van der Waals surface area contributed by atoms with Crippen molar-refractivity contribution in [1.29, 1.82) is 0 Å². The fourth-order valence-electron chi connectivity index (χ4n) is 2.22. The van der Waals surface area contributed by atoms with E-state index in [2.05, 4.69) is 0 Å². The van der Waals surface area contributed by atoms with Crippen molar-refractivity contribution in [2.24, 2.45) is 0 Å². The third-order valence-corrected chi connectivity index (χ3v) is 3.40. The third-order valence-electron chi connectivity index (χ3n) is 3.40. The van der Waals surface area contributed by atoms with E-state index < -0.39 is 0 Å². The SMILES string of the molecule is CN(CC1CCCCO1)C(=O)COc1cccc(N)c1. The van der Waals surface area contributed by atoms with Gasteiger partial charge in [-0.1, -0.05) is 6.07 Å². The van der Waals surface area contributed by atoms with Crippen molar-refractivity contribution < 1.29 is 14.3 Å². The molecule has 1 fully saturated rings. The number of nitrogens with zero attached hydrogens (tertiary/aromatic N) is 1. The van der Waals surface area contributed by atoms with Gasteiger partial charge in [0.1, 0.15) is 5.75 Å². The zero-order valence-electron chi connectivity index (χ0n) is 11.9. The molecule has 1 aromatic carbocycles. The van der Waals surface area contributed by atoms with Crippen molar-refractivity contribution in [3.63, 3.8) is 0 Å². The molecule has 2 rings (SSSR count). The number of hydrogen-bond donors (Lipinski definition) is 1. The fraction of sp³-hybridized carbons (Fsp3) is 0.533. The standard InChI is InChI=1S/C15H22N2O3/c1-17(10-14-6-2-3-8-19-14)15(18)11-20-13-7-4-5-12(16)9-13/h4-5,7,9,14H,2-3,6,8,10-11,16H2,1H3. The van der Waals surface area contributed by atoms with E-state index in [1.54, 1.807) is 36.2 Å². The summed E-state index contributed by atoms with van der Waals surface area (Å²) in [5, 5.41) is 0. The molecule has 1 atom stereocenters. The van der Waals surface area contributed by atoms with Crippen molar-refractivity contribution in [2.45, 2.75) is 25.4 Å². The lowest BCUT2D eigenvalue weighted by atomic mass is 10.1. The van der Waals surface area contributed by atoms with Gasteiger partial charge in [0.2, 0.25) is 0 Å². The first-order valence-corrected chi connectivity index (χ1v) is 6.99. The Morgan fingerprint density at radius 2 is 2.35 bits per heavy atom. The van der Waals surface area contributed by atoms with Crippen LogP contribution in [0.2, 0.25) is 0 Å². The van der Waals surface area contributed by atoms with Gasteiger partial charge in [-0.2, -0.15) is 0 Å². The van der Waals surface area contributed by atoms with Crippen molar-refractivity contribution in [1.82, 2.24) is 4.90 Å². The quantitative estimate of drug-likeness (QED) is 0.832. The number of nitrogen functional groups attached to an aromatic ring is 1. The molecular weight excluding hydrogens is 256 g/mol. The van der Waals surface area contributed by atoms with E-state index in [0.29, 0.717) is 18.0 Å². The molecule has 0 aromatic heterocycles. The summed E-state index contributed by atoms with van der Waals surface area (Å²) >= 11 is 0. The average molecular weight is 278 g/mol. The van der Waals surface area contributed by atoms with Gasteiger partial charge in [-0.15, -0.1) is 0 Å². The molecule has 0 saturated carbocycles. The fourth-order valence-corrected chi connectivity index (χ4v) is 2.22. The summed E-state index contributed by atoms with van der Waals surface area (Å²) in [6.07, 6.45) is 3.47. The summed E-state index contributed by atoms with van der Waals surface area (Å²) in [5.41, 5.74) is 6.28. The maximum atomic E-state index is 12.0. The number of ether oxygens (including phenoxy) is 2. The molecule has 1 amide bonds. The summed E-state index contributed by atoms with van der Waals surface area (Å²) in [4.78, 5) is 13.7. The second-order valence-corrected chi connectivity index (χ2v) is 5.12. The third kappa shape index (κ3) is 4.42. The van der Waals surface area contributed by atoms with Gasteiger partial charge in [-0.3, -0.25) is 4.79 Å². The Kier molecular flexibility index (Phi) is 5.24. The molecule has 1 unspecified atom stereocenters. The molecule has 20 heavy (non-hydrogen) atoms. The van der Waals surface area contributed by atoms with Gasteiger partial charge in [0.25, 0.3) is 5.91 Å². The summed E-state index contributed by atoms with van der Waals surface area (Å²) in [7, 11) is 1.78. The highest BCUT2D eigenvalue weighted by molar-refractivity contribution is 5.77. The lowest BCUT2D eigenvalue weighted by Crippen LogP contribution is -2.39. The number of anilines is 1. The molecule has 5 nitrogen and oxygen atoms in total. The topological polar surface area (TPSA) is 64.8 Å². The first-order chi connectivity index (χ1) is 9.65. The summed E-state index contributed by atoms with van der Waals surface area (Å²) in [6, 6.07) is 7.07. The second kappa shape index (κ2) is 7.14. The lowest BCUT2D eigenvalue weighted by Gasteiger charge is -2.27. The minimum absolute atomic E-state index is 0.0205. The van der Waals surface area contributed by atoms with Crippen LogP contribution in [-0.4, -0.2) is 43.7 Å². The van der Waals surface area contributed by atoms with E-state index in [0.717, 1.165) is 19.4 Å². The van der Waals surface area contributed by atoms with Crippen LogP contribution in [0.15, 0.2) is 24.3 Å². The van der Waals surface area contributed by atoms with Gasteiger partial charge in [0.15, 0.2) is 6.61 Å². The minimum atomic E-state index is -0.0541. The van der Waals surface area contributed by atoms with Gasteiger partial charge in [0, 0.05) is 32.0 Å². The molecule has 1 aromatic rings. The first-order valence-electron chi connectivity index (χ1n) is 6.99. The number of rotatable bonds is 5. The van der Waals surface area contributed by atoms with E-state index in [4.69, 9.17) is 15.2 Å². The van der Waals surface area contributed by atoms with Gasteiger partial charge >= 0.3 is 0 Å². The Labute approximate surface area is 119 Å². The van der Waals surface area contributed by atoms with Crippen LogP contribution >= 0.6 is 0 Å². The Balaban J connectivity index is 1.76. The van der Waals surface area contributed by atoms with E-state index in [9.17, 15) is 4.79 Å². The molecule has 110 valence electrons. The molecule has 0 aliphatic carbocycles. The Morgan fingerprint density at radius 1 is 1.50 bits per heavy atom. The summed E-state index contributed by atoms with van der Waals surface area (Å²) < 4.78 is 11.1. The van der Waals surface area contributed by atoms with Crippen molar-refractivity contribution >= 4 is 11.6 Å². The van der Waals surface area contributed by atoms with Crippen LogP contribution in [0.5, 0.6) is 5.75 Å². The van der Waals surface area contributed by atoms with Crippen molar-refractivity contribution in [3.05, 3.63) is 24.3 Å². The van der Waals surface area contributed by atoms with Gasteiger partial charge in [-0.25, -0.2) is 0 Å². The molecule has 1 saturated heterocycles. The second-order valence-electron chi connectivity index (χ2n) is 5.12. The summed E-state index contributed by atoms with van der Waals surface area (Å²) in [6.45, 7) is 1.44. The number of amides is 1. The van der Waals surface area contributed by atoms with E-state index in [1.807, 2.05) is 0 Å². The van der Waals surface area contributed by atoms with E-state index >= 15 is 0 Å². The normalized spacial score (nSPS) is 18.6. The Morgan fingerprint density at radius 3 is 3.05 bits per heavy atom. The smallest absolute Gasteiger partial charge is 0.260 e. The van der Waals surface area contributed by atoms with Crippen LogP contribution in [0.4, 0.5) is 5.69 Å². The number of nitrogens with two attached hydrogens (primary N) is 1. The molecule has 1 aliphatic rings. The zero-order chi connectivity index (χ0) is 14.4. The molecule has 0 spiro atoms. The molecule has 2 N–H and O–H groups in total. The molecular formula is C15H22N2O3. The zero-order valence-corrected chi connectivity index (χ0v) is 11.9.